The Morgan fingerprint density at radius 3 is 2.39 bits per heavy atom. The van der Waals surface area contributed by atoms with E-state index >= 15 is 0 Å². The number of benzene rings is 2. The average Bonchev–Trinajstić information content (AvgIpc) is 2.71. The summed E-state index contributed by atoms with van der Waals surface area (Å²) < 4.78 is 10.7. The first-order chi connectivity index (χ1) is 13.5. The Labute approximate surface area is 164 Å². The molecule has 148 valence electrons. The van der Waals surface area contributed by atoms with E-state index in [1.54, 1.807) is 61.5 Å². The minimum Gasteiger partial charge on any atom is -0.494 e. The highest BCUT2D eigenvalue weighted by molar-refractivity contribution is 6.11. The molecule has 0 bridgehead atoms. The Morgan fingerprint density at radius 1 is 0.964 bits per heavy atom. The number of ether oxygens (including phenoxy) is 2. The molecule has 1 atom stereocenters. The first-order valence-corrected chi connectivity index (χ1v) is 9.06. The Balaban J connectivity index is 1.98. The average molecular weight is 384 g/mol. The maximum Gasteiger partial charge on any atom is 0.261 e. The van der Waals surface area contributed by atoms with E-state index in [-0.39, 0.29) is 13.2 Å². The van der Waals surface area contributed by atoms with Crippen molar-refractivity contribution in [2.75, 3.05) is 25.1 Å². The number of anilines is 1. The maximum absolute atomic E-state index is 12.5. The van der Waals surface area contributed by atoms with Crippen LogP contribution in [0.5, 0.6) is 5.75 Å². The van der Waals surface area contributed by atoms with Crippen LogP contribution in [0.1, 0.15) is 24.2 Å². The van der Waals surface area contributed by atoms with Crippen LogP contribution in [0.15, 0.2) is 54.6 Å². The molecule has 0 saturated carbocycles. The van der Waals surface area contributed by atoms with E-state index in [1.165, 1.54) is 0 Å². The van der Waals surface area contributed by atoms with Crippen molar-refractivity contribution in [2.45, 2.75) is 20.0 Å². The van der Waals surface area contributed by atoms with Gasteiger partial charge in [-0.05, 0) is 38.1 Å². The molecule has 0 aliphatic heterocycles. The van der Waals surface area contributed by atoms with Crippen molar-refractivity contribution in [1.82, 2.24) is 5.32 Å². The fourth-order valence-corrected chi connectivity index (χ4v) is 2.47. The number of nitrogens with one attached hydrogen (secondary N) is 2. The van der Waals surface area contributed by atoms with E-state index in [1.807, 2.05) is 6.92 Å². The number of carbonyl (C=O) groups is 3. The Hall–Kier alpha value is -3.19. The lowest BCUT2D eigenvalue weighted by Gasteiger charge is -2.16. The van der Waals surface area contributed by atoms with E-state index in [4.69, 9.17) is 9.47 Å². The zero-order valence-corrected chi connectivity index (χ0v) is 15.9. The number of rotatable bonds is 10. The highest BCUT2D eigenvalue weighted by atomic mass is 16.5. The third kappa shape index (κ3) is 6.21. The van der Waals surface area contributed by atoms with Gasteiger partial charge in [0.05, 0.1) is 13.2 Å². The van der Waals surface area contributed by atoms with Crippen LogP contribution in [0.25, 0.3) is 0 Å². The van der Waals surface area contributed by atoms with Gasteiger partial charge in [0.2, 0.25) is 0 Å². The van der Waals surface area contributed by atoms with Gasteiger partial charge in [-0.3, -0.25) is 14.4 Å². The van der Waals surface area contributed by atoms with Crippen molar-refractivity contribution in [3.63, 3.8) is 0 Å². The smallest absolute Gasteiger partial charge is 0.261 e. The monoisotopic (exact) mass is 384 g/mol. The first kappa shape index (κ1) is 21.1. The topological polar surface area (TPSA) is 93.7 Å². The molecule has 0 radical (unpaired) electrons. The van der Waals surface area contributed by atoms with Gasteiger partial charge in [0, 0.05) is 23.9 Å². The summed E-state index contributed by atoms with van der Waals surface area (Å²) in [6, 6.07) is 15.4. The molecule has 0 aliphatic carbocycles. The largest absolute Gasteiger partial charge is 0.494 e. The van der Waals surface area contributed by atoms with E-state index < -0.39 is 23.7 Å². The lowest BCUT2D eigenvalue weighted by Crippen LogP contribution is -2.43. The Bertz CT molecular complexity index is 807. The van der Waals surface area contributed by atoms with Gasteiger partial charge in [-0.2, -0.15) is 0 Å². The van der Waals surface area contributed by atoms with Gasteiger partial charge in [0.15, 0.2) is 11.9 Å². The number of carbonyl (C=O) groups excluding carboxylic acids is 3. The minimum atomic E-state index is -1.32. The molecular weight excluding hydrogens is 360 g/mol. The van der Waals surface area contributed by atoms with Crippen LogP contribution < -0.4 is 15.4 Å². The number of amides is 2. The molecule has 2 aromatic rings. The van der Waals surface area contributed by atoms with Crippen molar-refractivity contribution < 1.29 is 23.9 Å². The van der Waals surface area contributed by atoms with Crippen LogP contribution in [0.4, 0.5) is 5.69 Å². The van der Waals surface area contributed by atoms with Crippen LogP contribution >= 0.6 is 0 Å². The normalized spacial score (nSPS) is 11.4. The predicted octanol–water partition coefficient (Wildman–Crippen LogP) is 2.43. The Morgan fingerprint density at radius 2 is 1.71 bits per heavy atom. The van der Waals surface area contributed by atoms with Crippen molar-refractivity contribution in [3.05, 3.63) is 60.2 Å². The number of Topliss-reactive ketones (excluding diaryl/α,β-unsaturated/α-hetero) is 1. The van der Waals surface area contributed by atoms with Gasteiger partial charge in [-0.1, -0.05) is 24.3 Å². The number of hydrogen-bond donors (Lipinski definition) is 2. The highest BCUT2D eigenvalue weighted by Gasteiger charge is 2.27. The lowest BCUT2D eigenvalue weighted by atomic mass is 10.1. The Kier molecular flexibility index (Phi) is 8.17. The minimum absolute atomic E-state index is 0.176. The first-order valence-electron chi connectivity index (χ1n) is 9.06. The van der Waals surface area contributed by atoms with Crippen molar-refractivity contribution in [3.8, 4) is 5.75 Å². The van der Waals surface area contributed by atoms with Crippen LogP contribution in [0, 0.1) is 0 Å². The highest BCUT2D eigenvalue weighted by Crippen LogP contribution is 2.17. The van der Waals surface area contributed by atoms with Gasteiger partial charge < -0.3 is 20.1 Å². The second kappa shape index (κ2) is 10.8. The van der Waals surface area contributed by atoms with E-state index in [2.05, 4.69) is 10.6 Å². The molecule has 2 aromatic carbocycles. The number of hydrogen-bond acceptors (Lipinski definition) is 5. The third-order valence-corrected chi connectivity index (χ3v) is 3.74. The van der Waals surface area contributed by atoms with E-state index in [0.29, 0.717) is 23.6 Å². The van der Waals surface area contributed by atoms with E-state index in [9.17, 15) is 14.4 Å². The van der Waals surface area contributed by atoms with Crippen LogP contribution in [-0.4, -0.2) is 43.5 Å². The summed E-state index contributed by atoms with van der Waals surface area (Å²) in [7, 11) is 0. The summed E-state index contributed by atoms with van der Waals surface area (Å²) in [5, 5.41) is 5.16. The molecule has 7 nitrogen and oxygen atoms in total. The van der Waals surface area contributed by atoms with Gasteiger partial charge in [-0.25, -0.2) is 0 Å². The second-order valence-corrected chi connectivity index (χ2v) is 5.80. The summed E-state index contributed by atoms with van der Waals surface area (Å²) in [5.74, 6) is -0.928. The molecule has 7 heteroatoms. The zero-order chi connectivity index (χ0) is 20.4. The quantitative estimate of drug-likeness (QED) is 0.614. The molecule has 0 spiro atoms. The molecule has 0 saturated heterocycles. The van der Waals surface area contributed by atoms with E-state index in [0.717, 1.165) is 0 Å². The molecule has 2 N–H and O–H groups in total. The molecule has 0 heterocycles. The molecule has 2 amide bonds. The van der Waals surface area contributed by atoms with Crippen LogP contribution in [0.2, 0.25) is 0 Å². The second-order valence-electron chi connectivity index (χ2n) is 5.80. The van der Waals surface area contributed by atoms with Gasteiger partial charge in [-0.15, -0.1) is 0 Å². The third-order valence-electron chi connectivity index (χ3n) is 3.74. The lowest BCUT2D eigenvalue weighted by molar-refractivity contribution is -0.140. The SMILES string of the molecule is CCOc1cccc(NC(=O)C(OCC)C(=O)CNC(=O)c2ccccc2)c1. The zero-order valence-electron chi connectivity index (χ0n) is 15.9. The van der Waals surface area contributed by atoms with Crippen LogP contribution in [-0.2, 0) is 14.3 Å². The summed E-state index contributed by atoms with van der Waals surface area (Å²) in [5.41, 5.74) is 0.919. The molecule has 28 heavy (non-hydrogen) atoms. The van der Waals surface area contributed by atoms with Gasteiger partial charge in [0.1, 0.15) is 5.75 Å². The molecule has 0 aliphatic rings. The summed E-state index contributed by atoms with van der Waals surface area (Å²) >= 11 is 0. The molecule has 1 unspecified atom stereocenters. The molecule has 2 rings (SSSR count). The summed E-state index contributed by atoms with van der Waals surface area (Å²) in [6.45, 7) is 3.91. The molecular formula is C21H24N2O5. The van der Waals surface area contributed by atoms with Gasteiger partial charge in [0.25, 0.3) is 11.8 Å². The maximum atomic E-state index is 12.5. The fraction of sp³-hybridized carbons (Fsp3) is 0.286. The van der Waals surface area contributed by atoms with Crippen molar-refractivity contribution in [1.29, 1.82) is 0 Å². The van der Waals surface area contributed by atoms with Crippen LogP contribution in [0.3, 0.4) is 0 Å². The van der Waals surface area contributed by atoms with Gasteiger partial charge >= 0.3 is 0 Å². The fourth-order valence-electron chi connectivity index (χ4n) is 2.47. The summed E-state index contributed by atoms with van der Waals surface area (Å²) in [6.07, 6.45) is -1.32. The van der Waals surface area contributed by atoms with Crippen molar-refractivity contribution in [2.24, 2.45) is 0 Å². The summed E-state index contributed by atoms with van der Waals surface area (Å²) in [4.78, 5) is 37.0. The van der Waals surface area contributed by atoms with Crippen molar-refractivity contribution >= 4 is 23.3 Å². The number of ketones is 1. The standard InChI is InChI=1S/C21H24N2O5/c1-3-27-17-12-8-11-16(13-17)23-21(26)19(28-4-2)18(24)14-22-20(25)15-9-6-5-7-10-15/h5-13,19H,3-4,14H2,1-2H3,(H,22,25)(H,23,26). The predicted molar refractivity (Wildman–Crippen MR) is 105 cm³/mol. The molecule has 0 aromatic heterocycles. The molecule has 0 fully saturated rings.